The third kappa shape index (κ3) is 0.578. The Morgan fingerprint density at radius 1 is 1.33 bits per heavy atom. The molecule has 0 spiro atoms. The first kappa shape index (κ1) is 5.82. The number of nitrogens with zero attached hydrogens (tertiary/aromatic N) is 5. The average Bonchev–Trinajstić information content (AvgIpc) is 2.71. The van der Waals surface area contributed by atoms with E-state index in [9.17, 15) is 0 Å². The zero-order valence-electron chi connectivity index (χ0n) is 6.18. The summed E-state index contributed by atoms with van der Waals surface area (Å²) in [5, 5.41) is 4.02. The zero-order chi connectivity index (χ0) is 7.97. The molecule has 5 nitrogen and oxygen atoms in total. The molecule has 3 rings (SSSR count). The lowest BCUT2D eigenvalue weighted by Crippen LogP contribution is -1.93. The molecule has 0 amide bonds. The SMILES string of the molecule is C1=Nc2c(cnc3ncnn23)C1. The lowest BCUT2D eigenvalue weighted by atomic mass is 10.3. The van der Waals surface area contributed by atoms with Crippen molar-refractivity contribution in [1.29, 1.82) is 0 Å². The van der Waals surface area contributed by atoms with E-state index in [0.29, 0.717) is 5.78 Å². The van der Waals surface area contributed by atoms with Crippen molar-refractivity contribution < 1.29 is 0 Å². The van der Waals surface area contributed by atoms with Crippen molar-refractivity contribution >= 4 is 17.8 Å². The number of hydrogen-bond donors (Lipinski definition) is 0. The second-order valence-corrected chi connectivity index (χ2v) is 2.59. The van der Waals surface area contributed by atoms with Crippen molar-refractivity contribution in [2.45, 2.75) is 6.42 Å². The zero-order valence-corrected chi connectivity index (χ0v) is 6.18. The minimum absolute atomic E-state index is 0.604. The minimum atomic E-state index is 0.604. The molecular formula is C7H5N5. The van der Waals surface area contributed by atoms with E-state index >= 15 is 0 Å². The molecule has 0 N–H and O–H groups in total. The van der Waals surface area contributed by atoms with Gasteiger partial charge in [0, 0.05) is 24.4 Å². The molecule has 0 fully saturated rings. The molecule has 2 aromatic rings. The Balaban J connectivity index is 2.52. The van der Waals surface area contributed by atoms with E-state index in [4.69, 9.17) is 0 Å². The fourth-order valence-corrected chi connectivity index (χ4v) is 1.31. The summed E-state index contributed by atoms with van der Waals surface area (Å²) in [4.78, 5) is 12.3. The van der Waals surface area contributed by atoms with Gasteiger partial charge in [-0.1, -0.05) is 0 Å². The Bertz CT molecular complexity index is 470. The molecule has 0 radical (unpaired) electrons. The fourth-order valence-electron chi connectivity index (χ4n) is 1.31. The van der Waals surface area contributed by atoms with Crippen LogP contribution in [0, 0.1) is 0 Å². The van der Waals surface area contributed by atoms with Gasteiger partial charge < -0.3 is 0 Å². The predicted molar refractivity (Wildman–Crippen MR) is 42.6 cm³/mol. The summed E-state index contributed by atoms with van der Waals surface area (Å²) in [5.74, 6) is 1.46. The number of hydrogen-bond acceptors (Lipinski definition) is 4. The number of aliphatic imine (C=N–C) groups is 1. The minimum Gasteiger partial charge on any atom is -0.241 e. The van der Waals surface area contributed by atoms with Crippen LogP contribution in [-0.4, -0.2) is 25.8 Å². The summed E-state index contributed by atoms with van der Waals surface area (Å²) >= 11 is 0. The highest BCUT2D eigenvalue weighted by molar-refractivity contribution is 5.74. The number of fused-ring (bicyclic) bond motifs is 3. The van der Waals surface area contributed by atoms with Gasteiger partial charge in [-0.2, -0.15) is 14.6 Å². The first-order valence-electron chi connectivity index (χ1n) is 3.65. The van der Waals surface area contributed by atoms with E-state index in [1.54, 1.807) is 10.7 Å². The Morgan fingerprint density at radius 2 is 2.33 bits per heavy atom. The van der Waals surface area contributed by atoms with Crippen LogP contribution in [0.15, 0.2) is 17.5 Å². The normalized spacial score (nSPS) is 14.0. The van der Waals surface area contributed by atoms with E-state index in [2.05, 4.69) is 20.1 Å². The second-order valence-electron chi connectivity index (χ2n) is 2.59. The van der Waals surface area contributed by atoms with Gasteiger partial charge in [-0.25, -0.2) is 9.98 Å². The molecular weight excluding hydrogens is 154 g/mol. The summed E-state index contributed by atoms with van der Waals surface area (Å²) in [7, 11) is 0. The molecule has 5 heteroatoms. The Hall–Kier alpha value is -1.78. The van der Waals surface area contributed by atoms with Crippen molar-refractivity contribution in [2.75, 3.05) is 0 Å². The van der Waals surface area contributed by atoms with Crippen LogP contribution in [0.4, 0.5) is 5.82 Å². The maximum atomic E-state index is 4.20. The lowest BCUT2D eigenvalue weighted by molar-refractivity contribution is 0.931. The highest BCUT2D eigenvalue weighted by Gasteiger charge is 2.11. The molecule has 0 aromatic carbocycles. The monoisotopic (exact) mass is 159 g/mol. The third-order valence-corrected chi connectivity index (χ3v) is 1.88. The first-order chi connectivity index (χ1) is 5.95. The summed E-state index contributed by atoms with van der Waals surface area (Å²) in [6, 6.07) is 0. The van der Waals surface area contributed by atoms with Crippen LogP contribution in [0.25, 0.3) is 5.78 Å². The van der Waals surface area contributed by atoms with Crippen LogP contribution >= 0.6 is 0 Å². The molecule has 0 atom stereocenters. The van der Waals surface area contributed by atoms with Gasteiger partial charge in [0.05, 0.1) is 0 Å². The molecule has 1 aliphatic heterocycles. The molecule has 12 heavy (non-hydrogen) atoms. The average molecular weight is 159 g/mol. The van der Waals surface area contributed by atoms with E-state index in [1.165, 1.54) is 6.33 Å². The van der Waals surface area contributed by atoms with Crippen LogP contribution in [0.1, 0.15) is 5.56 Å². The van der Waals surface area contributed by atoms with Crippen LogP contribution in [0.3, 0.4) is 0 Å². The molecule has 2 aromatic heterocycles. The quantitative estimate of drug-likeness (QED) is 0.558. The summed E-state index contributed by atoms with van der Waals surface area (Å²) in [6.07, 6.45) is 5.98. The molecule has 0 saturated carbocycles. The first-order valence-corrected chi connectivity index (χ1v) is 3.65. The van der Waals surface area contributed by atoms with Gasteiger partial charge >= 0.3 is 0 Å². The van der Waals surface area contributed by atoms with Gasteiger partial charge in [0.2, 0.25) is 0 Å². The van der Waals surface area contributed by atoms with E-state index in [-0.39, 0.29) is 0 Å². The smallest absolute Gasteiger partial charge is 0.241 e. The van der Waals surface area contributed by atoms with Gasteiger partial charge in [0.15, 0.2) is 5.82 Å². The topological polar surface area (TPSA) is 55.4 Å². The molecule has 0 bridgehead atoms. The predicted octanol–water partition coefficient (Wildman–Crippen LogP) is 0.383. The molecule has 1 aliphatic rings. The molecule has 3 heterocycles. The van der Waals surface area contributed by atoms with Crippen LogP contribution in [0.2, 0.25) is 0 Å². The largest absolute Gasteiger partial charge is 0.254 e. The molecule has 58 valence electrons. The van der Waals surface area contributed by atoms with E-state index in [0.717, 1.165) is 17.8 Å². The highest BCUT2D eigenvalue weighted by Crippen LogP contribution is 2.21. The van der Waals surface area contributed by atoms with Crippen LogP contribution < -0.4 is 0 Å². The lowest BCUT2D eigenvalue weighted by Gasteiger charge is -1.96. The van der Waals surface area contributed by atoms with Gasteiger partial charge in [-0.3, -0.25) is 0 Å². The molecule has 0 unspecified atom stereocenters. The Morgan fingerprint density at radius 3 is 3.33 bits per heavy atom. The van der Waals surface area contributed by atoms with E-state index in [1.807, 2.05) is 6.21 Å². The van der Waals surface area contributed by atoms with Gasteiger partial charge in [0.1, 0.15) is 6.33 Å². The van der Waals surface area contributed by atoms with Crippen molar-refractivity contribution in [2.24, 2.45) is 4.99 Å². The van der Waals surface area contributed by atoms with Crippen molar-refractivity contribution in [3.63, 3.8) is 0 Å². The Labute approximate surface area is 67.8 Å². The van der Waals surface area contributed by atoms with Crippen molar-refractivity contribution in [3.8, 4) is 0 Å². The fraction of sp³-hybridized carbons (Fsp3) is 0.143. The Kier molecular flexibility index (Phi) is 0.910. The summed E-state index contributed by atoms with van der Waals surface area (Å²) < 4.78 is 1.65. The van der Waals surface area contributed by atoms with Gasteiger partial charge in [0.25, 0.3) is 5.78 Å². The number of rotatable bonds is 0. The molecule has 0 saturated heterocycles. The van der Waals surface area contributed by atoms with Crippen molar-refractivity contribution in [3.05, 3.63) is 18.1 Å². The highest BCUT2D eigenvalue weighted by atomic mass is 15.3. The maximum absolute atomic E-state index is 4.20. The van der Waals surface area contributed by atoms with Crippen molar-refractivity contribution in [1.82, 2.24) is 19.6 Å². The summed E-state index contributed by atoms with van der Waals surface area (Å²) in [6.45, 7) is 0. The molecule has 0 aliphatic carbocycles. The third-order valence-electron chi connectivity index (χ3n) is 1.88. The summed E-state index contributed by atoms with van der Waals surface area (Å²) in [5.41, 5.74) is 1.10. The maximum Gasteiger partial charge on any atom is 0.254 e. The second kappa shape index (κ2) is 1.88. The standard InChI is InChI=1S/C7H5N5/c1-2-8-6-5(1)3-9-7-10-4-11-12(6)7/h2-4H,1H2. The van der Waals surface area contributed by atoms with E-state index < -0.39 is 0 Å². The van der Waals surface area contributed by atoms with Crippen LogP contribution in [-0.2, 0) is 6.42 Å². The van der Waals surface area contributed by atoms with Gasteiger partial charge in [-0.05, 0) is 0 Å². The van der Waals surface area contributed by atoms with Crippen LogP contribution in [0.5, 0.6) is 0 Å². The van der Waals surface area contributed by atoms with Gasteiger partial charge in [-0.15, -0.1) is 0 Å². The number of aromatic nitrogens is 4.